The number of carbonyl (C=O) groups excluding carboxylic acids is 1. The maximum absolute atomic E-state index is 12.9. The van der Waals surface area contributed by atoms with E-state index in [0.717, 1.165) is 54.4 Å². The van der Waals surface area contributed by atoms with Crippen molar-refractivity contribution in [3.8, 4) is 11.5 Å². The molecule has 0 radical (unpaired) electrons. The average molecular weight is 379 g/mol. The van der Waals surface area contributed by atoms with Crippen molar-refractivity contribution in [2.75, 3.05) is 39.8 Å². The van der Waals surface area contributed by atoms with E-state index in [0.29, 0.717) is 19.6 Å². The zero-order valence-electron chi connectivity index (χ0n) is 16.4. The van der Waals surface area contributed by atoms with Gasteiger partial charge in [-0.3, -0.25) is 4.68 Å². The number of H-pyrrole nitrogens is 1. The normalized spacial score (nSPS) is 17.9. The number of hydrogen-bond donors (Lipinski definition) is 1. The van der Waals surface area contributed by atoms with Crippen LogP contribution in [0.4, 0.5) is 4.79 Å². The molecule has 5 rings (SSSR count). The molecule has 28 heavy (non-hydrogen) atoms. The lowest BCUT2D eigenvalue weighted by Crippen LogP contribution is -2.53. The molecule has 8 nitrogen and oxygen atoms in total. The third kappa shape index (κ3) is 3.03. The quantitative estimate of drug-likeness (QED) is 0.701. The number of benzene rings is 1. The molecule has 1 saturated heterocycles. The number of aromatic amines is 1. The van der Waals surface area contributed by atoms with Gasteiger partial charge in [0.15, 0.2) is 5.82 Å². The highest BCUT2D eigenvalue weighted by Crippen LogP contribution is 2.24. The molecule has 0 spiro atoms. The number of rotatable bonds is 1. The third-order valence-corrected chi connectivity index (χ3v) is 5.72. The van der Waals surface area contributed by atoms with Gasteiger partial charge in [-0.25, -0.2) is 9.78 Å². The minimum absolute atomic E-state index is 0.140. The van der Waals surface area contributed by atoms with Crippen molar-refractivity contribution in [3.05, 3.63) is 35.5 Å². The van der Waals surface area contributed by atoms with Crippen molar-refractivity contribution in [1.29, 1.82) is 0 Å². The summed E-state index contributed by atoms with van der Waals surface area (Å²) >= 11 is 0. The fourth-order valence-corrected chi connectivity index (χ4v) is 3.99. The molecule has 4 heterocycles. The van der Waals surface area contributed by atoms with Gasteiger partial charge in [0.25, 0.3) is 0 Å². The Morgan fingerprint density at radius 1 is 1.04 bits per heavy atom. The van der Waals surface area contributed by atoms with Gasteiger partial charge in [0.1, 0.15) is 5.69 Å². The maximum atomic E-state index is 12.9. The number of aromatic nitrogens is 4. The third-order valence-electron chi connectivity index (χ3n) is 5.72. The monoisotopic (exact) mass is 379 g/mol. The molecule has 1 fully saturated rings. The van der Waals surface area contributed by atoms with Crippen LogP contribution in [0.5, 0.6) is 0 Å². The van der Waals surface area contributed by atoms with E-state index in [1.54, 1.807) is 0 Å². The molecule has 2 amide bonds. The Labute approximate surface area is 163 Å². The summed E-state index contributed by atoms with van der Waals surface area (Å²) in [6.07, 6.45) is 0. The molecule has 1 N–H and O–H groups in total. The highest BCUT2D eigenvalue weighted by molar-refractivity contribution is 5.79. The van der Waals surface area contributed by atoms with E-state index in [4.69, 9.17) is 5.10 Å². The minimum atomic E-state index is 0.140. The molecule has 0 aliphatic carbocycles. The fraction of sp³-hybridized carbons (Fsp3) is 0.450. The number of piperazine rings is 1. The summed E-state index contributed by atoms with van der Waals surface area (Å²) in [6.45, 7) is 7.55. The summed E-state index contributed by atoms with van der Waals surface area (Å²) in [5, 5.41) is 4.72. The highest BCUT2D eigenvalue weighted by Gasteiger charge is 2.28. The van der Waals surface area contributed by atoms with Crippen molar-refractivity contribution in [2.24, 2.45) is 0 Å². The van der Waals surface area contributed by atoms with E-state index in [9.17, 15) is 4.79 Å². The molecule has 8 heteroatoms. The second-order valence-electron chi connectivity index (χ2n) is 7.84. The number of nitrogens with one attached hydrogen (secondary N) is 1. The molecule has 0 saturated carbocycles. The van der Waals surface area contributed by atoms with Gasteiger partial charge >= 0.3 is 6.03 Å². The molecule has 3 aromatic rings. The number of carbonyl (C=O) groups is 1. The first-order chi connectivity index (χ1) is 13.6. The van der Waals surface area contributed by atoms with Crippen LogP contribution in [0.1, 0.15) is 11.3 Å². The summed E-state index contributed by atoms with van der Waals surface area (Å²) in [7, 11) is 2.10. The van der Waals surface area contributed by atoms with Gasteiger partial charge < -0.3 is 19.7 Å². The number of urea groups is 1. The van der Waals surface area contributed by atoms with Gasteiger partial charge in [-0.05, 0) is 37.7 Å². The summed E-state index contributed by atoms with van der Waals surface area (Å²) in [4.78, 5) is 27.1. The van der Waals surface area contributed by atoms with Crippen LogP contribution in [0, 0.1) is 6.92 Å². The Hall–Kier alpha value is -2.87. The zero-order chi connectivity index (χ0) is 19.3. The lowest BCUT2D eigenvalue weighted by atomic mass is 10.2. The Balaban J connectivity index is 1.35. The van der Waals surface area contributed by atoms with E-state index in [1.807, 2.05) is 26.6 Å². The van der Waals surface area contributed by atoms with Gasteiger partial charge in [0, 0.05) is 32.7 Å². The number of aryl methyl sites for hydroxylation is 1. The van der Waals surface area contributed by atoms with Crippen LogP contribution in [0.3, 0.4) is 0 Å². The van der Waals surface area contributed by atoms with Gasteiger partial charge in [-0.2, -0.15) is 5.10 Å². The fourth-order valence-electron chi connectivity index (χ4n) is 3.99. The average Bonchev–Trinajstić information content (AvgIpc) is 3.30. The van der Waals surface area contributed by atoms with E-state index < -0.39 is 0 Å². The first-order valence-electron chi connectivity index (χ1n) is 9.83. The zero-order valence-corrected chi connectivity index (χ0v) is 16.4. The number of nitrogens with zero attached hydrogens (tertiary/aromatic N) is 6. The van der Waals surface area contributed by atoms with Crippen LogP contribution in [0.2, 0.25) is 0 Å². The SMILES string of the molecule is Cc1ccc2nc(-c3cc4n(n3)CCN(C(=O)N3CCN(C)CC3)C4)[nH]c2c1. The Morgan fingerprint density at radius 3 is 2.64 bits per heavy atom. The largest absolute Gasteiger partial charge is 0.337 e. The number of imidazole rings is 1. The van der Waals surface area contributed by atoms with Crippen LogP contribution in [-0.4, -0.2) is 80.3 Å². The number of fused-ring (bicyclic) bond motifs is 2. The second-order valence-corrected chi connectivity index (χ2v) is 7.84. The van der Waals surface area contributed by atoms with Crippen LogP contribution in [-0.2, 0) is 13.1 Å². The standard InChI is InChI=1S/C20H25N7O/c1-14-3-4-16-17(11-14)22-19(21-16)18-12-15-13-26(9-10-27(15)23-18)20(28)25-7-5-24(2)6-8-25/h3-4,11-12H,5-10,13H2,1-2H3,(H,21,22). The number of amides is 2. The van der Waals surface area contributed by atoms with E-state index in [2.05, 4.69) is 41.0 Å². The molecule has 1 aromatic carbocycles. The number of hydrogen-bond acceptors (Lipinski definition) is 4. The summed E-state index contributed by atoms with van der Waals surface area (Å²) in [6, 6.07) is 8.37. The van der Waals surface area contributed by atoms with Crippen molar-refractivity contribution in [3.63, 3.8) is 0 Å². The highest BCUT2D eigenvalue weighted by atomic mass is 16.2. The van der Waals surface area contributed by atoms with Crippen LogP contribution in [0.25, 0.3) is 22.6 Å². The Morgan fingerprint density at radius 2 is 1.82 bits per heavy atom. The predicted molar refractivity (Wildman–Crippen MR) is 107 cm³/mol. The van der Waals surface area contributed by atoms with Crippen LogP contribution >= 0.6 is 0 Å². The number of likely N-dealkylation sites (N-methyl/N-ethyl adjacent to an activating group) is 1. The van der Waals surface area contributed by atoms with Crippen molar-refractivity contribution in [2.45, 2.75) is 20.0 Å². The molecule has 0 atom stereocenters. The van der Waals surface area contributed by atoms with Crippen molar-refractivity contribution >= 4 is 17.1 Å². The summed E-state index contributed by atoms with van der Waals surface area (Å²) in [5.74, 6) is 0.777. The van der Waals surface area contributed by atoms with E-state index in [-0.39, 0.29) is 6.03 Å². The Kier molecular flexibility index (Phi) is 4.08. The molecule has 2 aliphatic rings. The topological polar surface area (TPSA) is 73.3 Å². The van der Waals surface area contributed by atoms with Crippen molar-refractivity contribution < 1.29 is 4.79 Å². The minimum Gasteiger partial charge on any atom is -0.337 e. The summed E-state index contributed by atoms with van der Waals surface area (Å²) in [5.41, 5.74) is 5.05. The van der Waals surface area contributed by atoms with Gasteiger partial charge in [0.2, 0.25) is 0 Å². The van der Waals surface area contributed by atoms with Crippen LogP contribution < -0.4 is 0 Å². The molecule has 2 aromatic heterocycles. The molecular formula is C20H25N7O. The maximum Gasteiger partial charge on any atom is 0.320 e. The lowest BCUT2D eigenvalue weighted by molar-refractivity contribution is 0.113. The van der Waals surface area contributed by atoms with Gasteiger partial charge in [-0.15, -0.1) is 0 Å². The van der Waals surface area contributed by atoms with E-state index >= 15 is 0 Å². The smallest absolute Gasteiger partial charge is 0.320 e. The predicted octanol–water partition coefficient (Wildman–Crippen LogP) is 1.92. The first kappa shape index (κ1) is 17.2. The molecule has 0 unspecified atom stereocenters. The summed E-state index contributed by atoms with van der Waals surface area (Å²) < 4.78 is 2.00. The Bertz CT molecular complexity index is 1030. The molecular weight excluding hydrogens is 354 g/mol. The van der Waals surface area contributed by atoms with E-state index in [1.165, 1.54) is 5.56 Å². The van der Waals surface area contributed by atoms with Crippen LogP contribution in [0.15, 0.2) is 24.3 Å². The first-order valence-corrected chi connectivity index (χ1v) is 9.83. The van der Waals surface area contributed by atoms with Gasteiger partial charge in [-0.1, -0.05) is 6.07 Å². The molecule has 0 bridgehead atoms. The molecule has 2 aliphatic heterocycles. The second kappa shape index (κ2) is 6.63. The molecule has 146 valence electrons. The lowest BCUT2D eigenvalue weighted by Gasteiger charge is -2.37. The van der Waals surface area contributed by atoms with Crippen molar-refractivity contribution in [1.82, 2.24) is 34.4 Å². The van der Waals surface area contributed by atoms with Gasteiger partial charge in [0.05, 0.1) is 29.8 Å².